The van der Waals surface area contributed by atoms with Gasteiger partial charge < -0.3 is 4.52 Å². The molecule has 0 amide bonds. The van der Waals surface area contributed by atoms with Gasteiger partial charge in [-0.05, 0) is 36.5 Å². The first-order valence-electron chi connectivity index (χ1n) is 9.90. The summed E-state index contributed by atoms with van der Waals surface area (Å²) in [6, 6.07) is 6.23. The predicted molar refractivity (Wildman–Crippen MR) is 110 cm³/mol. The van der Waals surface area contributed by atoms with Crippen LogP contribution in [0.2, 0.25) is 0 Å². The van der Waals surface area contributed by atoms with Crippen LogP contribution >= 0.6 is 0 Å². The Balaban J connectivity index is 0.000000241. The normalized spacial score (nSPS) is 16.1. The highest BCUT2D eigenvalue weighted by Gasteiger charge is 2.12. The van der Waals surface area contributed by atoms with Crippen molar-refractivity contribution in [3.05, 3.63) is 71.9 Å². The predicted octanol–water partition coefficient (Wildman–Crippen LogP) is 6.53. The van der Waals surface area contributed by atoms with Crippen LogP contribution in [-0.4, -0.2) is 10.1 Å². The molecule has 0 radical (unpaired) electrons. The summed E-state index contributed by atoms with van der Waals surface area (Å²) in [4.78, 5) is 3.98. The quantitative estimate of drug-likeness (QED) is 0.612. The molecular formula is C23H34N2O. The van der Waals surface area contributed by atoms with Crippen molar-refractivity contribution in [1.82, 2.24) is 10.1 Å². The van der Waals surface area contributed by atoms with E-state index in [9.17, 15) is 0 Å². The van der Waals surface area contributed by atoms with Crippen LogP contribution < -0.4 is 0 Å². The molecule has 0 saturated heterocycles. The van der Waals surface area contributed by atoms with E-state index in [0.29, 0.717) is 5.92 Å². The second-order valence-corrected chi connectivity index (χ2v) is 6.30. The van der Waals surface area contributed by atoms with Gasteiger partial charge >= 0.3 is 0 Å². The molecule has 1 aliphatic carbocycles. The Kier molecular flexibility index (Phi) is 11.0. The average Bonchev–Trinajstić information content (AvgIpc) is 3.21. The molecule has 0 bridgehead atoms. The fourth-order valence-electron chi connectivity index (χ4n) is 2.54. The molecule has 3 rings (SSSR count). The second-order valence-electron chi connectivity index (χ2n) is 6.30. The van der Waals surface area contributed by atoms with Gasteiger partial charge in [-0.3, -0.25) is 4.98 Å². The maximum absolute atomic E-state index is 5.16. The van der Waals surface area contributed by atoms with E-state index in [4.69, 9.17) is 4.52 Å². The first-order chi connectivity index (χ1) is 12.7. The van der Waals surface area contributed by atoms with Crippen molar-refractivity contribution in [3.8, 4) is 0 Å². The van der Waals surface area contributed by atoms with Crippen molar-refractivity contribution in [1.29, 1.82) is 0 Å². The van der Waals surface area contributed by atoms with Gasteiger partial charge in [0.15, 0.2) is 0 Å². The number of pyridine rings is 1. The van der Waals surface area contributed by atoms with E-state index in [0.717, 1.165) is 30.2 Å². The van der Waals surface area contributed by atoms with Crippen molar-refractivity contribution < 1.29 is 4.52 Å². The third-order valence-corrected chi connectivity index (χ3v) is 4.32. The Bertz CT molecular complexity index is 643. The Hall–Kier alpha value is -2.16. The first-order valence-corrected chi connectivity index (χ1v) is 9.90. The van der Waals surface area contributed by atoms with Gasteiger partial charge in [0.1, 0.15) is 5.76 Å². The lowest BCUT2D eigenvalue weighted by molar-refractivity contribution is 0.378. The Morgan fingerprint density at radius 2 is 1.88 bits per heavy atom. The molecule has 26 heavy (non-hydrogen) atoms. The summed E-state index contributed by atoms with van der Waals surface area (Å²) in [6.07, 6.45) is 16.6. The van der Waals surface area contributed by atoms with Crippen LogP contribution in [-0.2, 0) is 12.8 Å². The Morgan fingerprint density at radius 3 is 2.42 bits per heavy atom. The minimum absolute atomic E-state index is 0.411. The number of nitrogens with zero attached hydrogens (tertiary/aromatic N) is 2. The highest BCUT2D eigenvalue weighted by molar-refractivity contribution is 5.23. The van der Waals surface area contributed by atoms with Gasteiger partial charge in [-0.25, -0.2) is 0 Å². The second kappa shape index (κ2) is 13.1. The summed E-state index contributed by atoms with van der Waals surface area (Å²) < 4.78 is 5.16. The molecule has 142 valence electrons. The van der Waals surface area contributed by atoms with Crippen molar-refractivity contribution in [2.24, 2.45) is 5.92 Å². The Morgan fingerprint density at radius 1 is 1.15 bits per heavy atom. The molecule has 2 unspecified atom stereocenters. The molecule has 3 heteroatoms. The van der Waals surface area contributed by atoms with Crippen LogP contribution in [0.25, 0.3) is 0 Å². The van der Waals surface area contributed by atoms with Gasteiger partial charge in [0.05, 0.1) is 5.69 Å². The minimum Gasteiger partial charge on any atom is -0.361 e. The molecule has 1 aliphatic rings. The number of aryl methyl sites for hydroxylation is 1. The molecule has 2 aromatic heterocycles. The molecule has 2 atom stereocenters. The van der Waals surface area contributed by atoms with E-state index >= 15 is 0 Å². The van der Waals surface area contributed by atoms with Crippen LogP contribution in [0.3, 0.4) is 0 Å². The fourth-order valence-corrected chi connectivity index (χ4v) is 2.54. The molecule has 2 aromatic rings. The number of rotatable bonds is 5. The fraction of sp³-hybridized carbons (Fsp3) is 0.478. The lowest BCUT2D eigenvalue weighted by atomic mass is 9.97. The third-order valence-electron chi connectivity index (χ3n) is 4.32. The molecular weight excluding hydrogens is 320 g/mol. The lowest BCUT2D eigenvalue weighted by Crippen LogP contribution is -1.97. The zero-order chi connectivity index (χ0) is 19.2. The van der Waals surface area contributed by atoms with E-state index < -0.39 is 0 Å². The summed E-state index contributed by atoms with van der Waals surface area (Å²) in [5.74, 6) is 2.17. The topological polar surface area (TPSA) is 38.9 Å². The first kappa shape index (κ1) is 21.9. The van der Waals surface area contributed by atoms with E-state index in [1.54, 1.807) is 0 Å². The molecule has 2 heterocycles. The smallest absolute Gasteiger partial charge is 0.136 e. The van der Waals surface area contributed by atoms with E-state index in [-0.39, 0.29) is 0 Å². The SMILES string of the molecule is CC.CCC(C)Cc1ccncc1.CCc1cc(C2C=CC=CC2)no1. The van der Waals surface area contributed by atoms with Crippen molar-refractivity contribution in [2.45, 2.75) is 66.2 Å². The molecule has 0 aromatic carbocycles. The zero-order valence-electron chi connectivity index (χ0n) is 17.0. The van der Waals surface area contributed by atoms with Gasteiger partial charge in [0, 0.05) is 30.8 Å². The summed E-state index contributed by atoms with van der Waals surface area (Å²) in [6.45, 7) is 10.6. The van der Waals surface area contributed by atoms with Crippen LogP contribution in [0.1, 0.15) is 70.4 Å². The largest absolute Gasteiger partial charge is 0.361 e. The minimum atomic E-state index is 0.411. The van der Waals surface area contributed by atoms with Crippen molar-refractivity contribution >= 4 is 0 Å². The Labute approximate surface area is 159 Å². The maximum Gasteiger partial charge on any atom is 0.136 e. The van der Waals surface area contributed by atoms with E-state index in [1.165, 1.54) is 18.4 Å². The monoisotopic (exact) mass is 354 g/mol. The number of hydrogen-bond acceptors (Lipinski definition) is 3. The van der Waals surface area contributed by atoms with Crippen molar-refractivity contribution in [3.63, 3.8) is 0 Å². The molecule has 0 spiro atoms. The van der Waals surface area contributed by atoms with Crippen LogP contribution in [0.15, 0.2) is 59.4 Å². The lowest BCUT2D eigenvalue weighted by Gasteiger charge is -2.07. The van der Waals surface area contributed by atoms with E-state index in [1.807, 2.05) is 32.3 Å². The molecule has 0 saturated carbocycles. The van der Waals surface area contributed by atoms with Gasteiger partial charge in [-0.1, -0.05) is 70.5 Å². The van der Waals surface area contributed by atoms with Gasteiger partial charge in [0.2, 0.25) is 0 Å². The summed E-state index contributed by atoms with van der Waals surface area (Å²) in [5.41, 5.74) is 2.45. The summed E-state index contributed by atoms with van der Waals surface area (Å²) in [7, 11) is 0. The molecule has 0 N–H and O–H groups in total. The van der Waals surface area contributed by atoms with Gasteiger partial charge in [0.25, 0.3) is 0 Å². The third kappa shape index (κ3) is 7.81. The molecule has 0 fully saturated rings. The highest BCUT2D eigenvalue weighted by atomic mass is 16.5. The molecule has 3 nitrogen and oxygen atoms in total. The van der Waals surface area contributed by atoms with Gasteiger partial charge in [-0.2, -0.15) is 0 Å². The maximum atomic E-state index is 5.16. The standard InChI is InChI=1S/C11H13NO.C10H15N.C2H6/c1-2-10-8-11(12-13-10)9-6-4-3-5-7-9;1-3-9(2)8-10-4-6-11-7-5-10;1-2/h3-6,8-9H,2,7H2,1H3;4-7,9H,3,8H2,1-2H3;1-2H3. The average molecular weight is 355 g/mol. The van der Waals surface area contributed by atoms with E-state index in [2.05, 4.69) is 67.3 Å². The van der Waals surface area contributed by atoms with Crippen LogP contribution in [0.5, 0.6) is 0 Å². The van der Waals surface area contributed by atoms with Crippen LogP contribution in [0.4, 0.5) is 0 Å². The number of aromatic nitrogens is 2. The molecule has 0 aliphatic heterocycles. The zero-order valence-corrected chi connectivity index (χ0v) is 17.0. The number of allylic oxidation sites excluding steroid dienone is 4. The highest BCUT2D eigenvalue weighted by Crippen LogP contribution is 2.24. The van der Waals surface area contributed by atoms with Crippen LogP contribution in [0, 0.1) is 5.92 Å². The summed E-state index contributed by atoms with van der Waals surface area (Å²) in [5, 5.41) is 4.05. The van der Waals surface area contributed by atoms with Gasteiger partial charge in [-0.15, -0.1) is 0 Å². The summed E-state index contributed by atoms with van der Waals surface area (Å²) >= 11 is 0. The number of hydrogen-bond donors (Lipinski definition) is 0. The van der Waals surface area contributed by atoms with Crippen molar-refractivity contribution in [2.75, 3.05) is 0 Å².